The van der Waals surface area contributed by atoms with Crippen LogP contribution in [0.5, 0.6) is 0 Å². The zero-order valence-corrected chi connectivity index (χ0v) is 14.5. The van der Waals surface area contributed by atoms with E-state index in [4.69, 9.17) is 0 Å². The highest BCUT2D eigenvalue weighted by atomic mass is 79.9. The predicted molar refractivity (Wildman–Crippen MR) is 88.1 cm³/mol. The molecule has 0 amide bonds. The Labute approximate surface area is 134 Å². The first-order chi connectivity index (χ1) is 9.64. The van der Waals surface area contributed by atoms with Gasteiger partial charge in [0.15, 0.2) is 0 Å². The third-order valence-corrected chi connectivity index (χ3v) is 7.02. The van der Waals surface area contributed by atoms with Crippen LogP contribution in [0.3, 0.4) is 0 Å². The fourth-order valence-corrected chi connectivity index (χ4v) is 5.29. The maximum Gasteiger partial charge on any atom is 0.0332 e. The van der Waals surface area contributed by atoms with Crippen LogP contribution in [0.1, 0.15) is 37.5 Å². The standard InChI is InChI=1S/C16H23BrN2S/c1-16(12-4-5-12)10-19(8-14-6-13(17)9-20-14)15(7-18-16)11-2-3-11/h6,9,11-12,15,18H,2-5,7-8,10H2,1H3. The molecule has 1 aliphatic heterocycles. The molecule has 20 heavy (non-hydrogen) atoms. The van der Waals surface area contributed by atoms with Gasteiger partial charge >= 0.3 is 0 Å². The average Bonchev–Trinajstić information content (AvgIpc) is 3.29. The predicted octanol–water partition coefficient (Wildman–Crippen LogP) is 3.86. The van der Waals surface area contributed by atoms with Gasteiger partial charge in [-0.15, -0.1) is 11.3 Å². The van der Waals surface area contributed by atoms with E-state index >= 15 is 0 Å². The average molecular weight is 355 g/mol. The van der Waals surface area contributed by atoms with Crippen LogP contribution < -0.4 is 5.32 Å². The lowest BCUT2D eigenvalue weighted by molar-refractivity contribution is 0.0586. The second kappa shape index (κ2) is 5.08. The van der Waals surface area contributed by atoms with Gasteiger partial charge in [0, 0.05) is 45.9 Å². The molecular formula is C16H23BrN2S. The molecule has 110 valence electrons. The van der Waals surface area contributed by atoms with Crippen molar-refractivity contribution in [1.82, 2.24) is 10.2 Å². The van der Waals surface area contributed by atoms with Gasteiger partial charge in [0.1, 0.15) is 0 Å². The minimum atomic E-state index is 0.361. The summed E-state index contributed by atoms with van der Waals surface area (Å²) < 4.78 is 1.24. The van der Waals surface area contributed by atoms with E-state index in [1.54, 1.807) is 0 Å². The zero-order chi connectivity index (χ0) is 13.7. The van der Waals surface area contributed by atoms with E-state index < -0.39 is 0 Å². The molecule has 4 rings (SSSR count). The number of hydrogen-bond acceptors (Lipinski definition) is 3. The molecule has 1 saturated heterocycles. The lowest BCUT2D eigenvalue weighted by Crippen LogP contribution is -2.64. The summed E-state index contributed by atoms with van der Waals surface area (Å²) in [5, 5.41) is 6.11. The molecule has 0 radical (unpaired) electrons. The van der Waals surface area contributed by atoms with Gasteiger partial charge in [-0.05, 0) is 66.4 Å². The second-order valence-electron chi connectivity index (χ2n) is 7.11. The van der Waals surface area contributed by atoms with Crippen molar-refractivity contribution >= 4 is 27.3 Å². The molecule has 2 unspecified atom stereocenters. The number of nitrogens with zero attached hydrogens (tertiary/aromatic N) is 1. The van der Waals surface area contributed by atoms with E-state index in [1.165, 1.54) is 48.1 Å². The third kappa shape index (κ3) is 2.72. The van der Waals surface area contributed by atoms with Crippen molar-refractivity contribution < 1.29 is 0 Å². The van der Waals surface area contributed by atoms with Crippen LogP contribution in [0.25, 0.3) is 0 Å². The molecule has 2 saturated carbocycles. The number of halogens is 1. The van der Waals surface area contributed by atoms with Gasteiger partial charge in [-0.1, -0.05) is 0 Å². The smallest absolute Gasteiger partial charge is 0.0332 e. The Morgan fingerprint density at radius 3 is 2.80 bits per heavy atom. The maximum atomic E-state index is 3.90. The van der Waals surface area contributed by atoms with Gasteiger partial charge in [-0.3, -0.25) is 4.90 Å². The fourth-order valence-electron chi connectivity index (χ4n) is 3.81. The highest BCUT2D eigenvalue weighted by Crippen LogP contribution is 2.44. The van der Waals surface area contributed by atoms with Gasteiger partial charge in [0.25, 0.3) is 0 Å². The summed E-state index contributed by atoms with van der Waals surface area (Å²) in [4.78, 5) is 4.28. The highest BCUT2D eigenvalue weighted by molar-refractivity contribution is 9.10. The van der Waals surface area contributed by atoms with Gasteiger partial charge in [-0.25, -0.2) is 0 Å². The number of piperazine rings is 1. The topological polar surface area (TPSA) is 15.3 Å². The van der Waals surface area contributed by atoms with Gasteiger partial charge in [0.05, 0.1) is 0 Å². The Kier molecular flexibility index (Phi) is 3.49. The molecular weight excluding hydrogens is 332 g/mol. The molecule has 0 aromatic carbocycles. The SMILES string of the molecule is CC1(C2CC2)CN(Cc2cc(Br)cs2)C(C2CC2)CN1. The van der Waals surface area contributed by atoms with E-state index in [0.29, 0.717) is 5.54 Å². The van der Waals surface area contributed by atoms with Crippen molar-refractivity contribution in [2.75, 3.05) is 13.1 Å². The molecule has 0 spiro atoms. The lowest BCUT2D eigenvalue weighted by Gasteiger charge is -2.47. The molecule has 2 heterocycles. The van der Waals surface area contributed by atoms with Crippen LogP contribution in [0, 0.1) is 11.8 Å². The van der Waals surface area contributed by atoms with Gasteiger partial charge in [-0.2, -0.15) is 0 Å². The summed E-state index contributed by atoms with van der Waals surface area (Å²) in [6.45, 7) is 6.02. The number of nitrogens with one attached hydrogen (secondary N) is 1. The molecule has 3 aliphatic rings. The Hall–Kier alpha value is 0.1000. The molecule has 3 fully saturated rings. The van der Waals surface area contributed by atoms with Gasteiger partial charge in [0.2, 0.25) is 0 Å². The van der Waals surface area contributed by atoms with Crippen molar-refractivity contribution in [3.8, 4) is 0 Å². The Morgan fingerprint density at radius 1 is 1.40 bits per heavy atom. The van der Waals surface area contributed by atoms with E-state index in [1.807, 2.05) is 11.3 Å². The first-order valence-electron chi connectivity index (χ1n) is 7.86. The first-order valence-corrected chi connectivity index (χ1v) is 9.53. The van der Waals surface area contributed by atoms with E-state index in [-0.39, 0.29) is 0 Å². The van der Waals surface area contributed by atoms with Crippen LogP contribution in [0.15, 0.2) is 15.9 Å². The number of rotatable bonds is 4. The van der Waals surface area contributed by atoms with Crippen LogP contribution in [0.4, 0.5) is 0 Å². The minimum absolute atomic E-state index is 0.361. The molecule has 0 bridgehead atoms. The fraction of sp³-hybridized carbons (Fsp3) is 0.750. The molecule has 2 aliphatic carbocycles. The Bertz CT molecular complexity index is 494. The summed E-state index contributed by atoms with van der Waals surface area (Å²) in [6.07, 6.45) is 5.74. The molecule has 1 aromatic rings. The summed E-state index contributed by atoms with van der Waals surface area (Å²) in [7, 11) is 0. The molecule has 4 heteroatoms. The molecule has 2 atom stereocenters. The molecule has 1 aromatic heterocycles. The van der Waals surface area contributed by atoms with Crippen LogP contribution in [-0.2, 0) is 6.54 Å². The molecule has 2 nitrogen and oxygen atoms in total. The van der Waals surface area contributed by atoms with Crippen LogP contribution in [-0.4, -0.2) is 29.6 Å². The highest BCUT2D eigenvalue weighted by Gasteiger charge is 2.48. The Morgan fingerprint density at radius 2 is 2.20 bits per heavy atom. The second-order valence-corrected chi connectivity index (χ2v) is 9.03. The summed E-state index contributed by atoms with van der Waals surface area (Å²) >= 11 is 5.48. The largest absolute Gasteiger partial charge is 0.308 e. The van der Waals surface area contributed by atoms with Crippen molar-refractivity contribution in [2.45, 2.75) is 50.7 Å². The van der Waals surface area contributed by atoms with Gasteiger partial charge < -0.3 is 5.32 Å². The summed E-state index contributed by atoms with van der Waals surface area (Å²) in [6, 6.07) is 3.06. The number of hydrogen-bond donors (Lipinski definition) is 1. The summed E-state index contributed by atoms with van der Waals surface area (Å²) in [5.41, 5.74) is 0.361. The Balaban J connectivity index is 1.51. The first kappa shape index (κ1) is 13.7. The van der Waals surface area contributed by atoms with E-state index in [0.717, 1.165) is 24.4 Å². The minimum Gasteiger partial charge on any atom is -0.308 e. The van der Waals surface area contributed by atoms with Crippen LogP contribution >= 0.6 is 27.3 Å². The van der Waals surface area contributed by atoms with Crippen molar-refractivity contribution in [1.29, 1.82) is 0 Å². The normalized spacial score (nSPS) is 35.4. The summed E-state index contributed by atoms with van der Waals surface area (Å²) in [5.74, 6) is 1.87. The van der Waals surface area contributed by atoms with E-state index in [9.17, 15) is 0 Å². The maximum absolute atomic E-state index is 3.90. The zero-order valence-electron chi connectivity index (χ0n) is 12.1. The van der Waals surface area contributed by atoms with E-state index in [2.05, 4.69) is 44.5 Å². The van der Waals surface area contributed by atoms with Crippen molar-refractivity contribution in [3.05, 3.63) is 20.8 Å². The monoisotopic (exact) mass is 354 g/mol. The quantitative estimate of drug-likeness (QED) is 0.882. The van der Waals surface area contributed by atoms with Crippen LogP contribution in [0.2, 0.25) is 0 Å². The van der Waals surface area contributed by atoms with Crippen molar-refractivity contribution in [2.24, 2.45) is 11.8 Å². The van der Waals surface area contributed by atoms with Crippen molar-refractivity contribution in [3.63, 3.8) is 0 Å². The molecule has 1 N–H and O–H groups in total. The lowest BCUT2D eigenvalue weighted by atomic mass is 9.90. The number of thiophene rings is 1. The third-order valence-electron chi connectivity index (χ3n) is 5.34.